The van der Waals surface area contributed by atoms with Crippen molar-refractivity contribution in [3.8, 4) is 0 Å². The lowest BCUT2D eigenvalue weighted by Gasteiger charge is -2.24. The van der Waals surface area contributed by atoms with Gasteiger partial charge >= 0.3 is 5.97 Å². The predicted octanol–water partition coefficient (Wildman–Crippen LogP) is 3.71. The Morgan fingerprint density at radius 3 is 1.92 bits per heavy atom. The lowest BCUT2D eigenvalue weighted by atomic mass is 10.2. The monoisotopic (exact) mass is 390 g/mol. The topological polar surface area (TPSA) is 128 Å². The van der Waals surface area contributed by atoms with E-state index in [1.165, 1.54) is 50.8 Å². The zero-order valence-corrected chi connectivity index (χ0v) is 18.3. The van der Waals surface area contributed by atoms with Gasteiger partial charge in [0, 0.05) is 6.54 Å². The van der Waals surface area contributed by atoms with Gasteiger partial charge in [-0.15, -0.1) is 7.92 Å². The van der Waals surface area contributed by atoms with Crippen LogP contribution in [0.15, 0.2) is 4.99 Å². The minimum absolute atomic E-state index is 0.0129. The number of rotatable bonds is 14. The summed E-state index contributed by atoms with van der Waals surface area (Å²) in [5, 5.41) is 8.38. The van der Waals surface area contributed by atoms with E-state index in [1.54, 1.807) is 0 Å². The van der Waals surface area contributed by atoms with Crippen LogP contribution in [0.2, 0.25) is 0 Å². The van der Waals surface area contributed by atoms with E-state index in [4.69, 9.17) is 22.3 Å². The Hall–Kier alpha value is -0.870. The first-order chi connectivity index (χ1) is 12.3. The molecular weight excluding hydrogens is 347 g/mol. The Balaban J connectivity index is 0. The molecular formula is C19H43N4O2P. The Bertz CT molecular complexity index is 355. The van der Waals surface area contributed by atoms with Crippen molar-refractivity contribution in [2.45, 2.75) is 90.8 Å². The molecule has 0 aliphatic heterocycles. The Morgan fingerprint density at radius 2 is 1.54 bits per heavy atom. The standard InChI is InChI=1S/C13H29P.C6H14N4O2/c1-5-8-11-14(12-9-6-2)13(4)10-7-3;7-4(5(11)12)2-1-3-10-6(8)9/h13H,5-12H2,1-4H3;4H,1-3,7H2,(H,11,12)(H4,8,9,10)/t;4-/m.0/s1. The van der Waals surface area contributed by atoms with Crippen molar-refractivity contribution >= 4 is 19.9 Å². The highest BCUT2D eigenvalue weighted by Crippen LogP contribution is 2.44. The molecule has 0 bridgehead atoms. The fourth-order valence-corrected chi connectivity index (χ4v) is 5.69. The van der Waals surface area contributed by atoms with Gasteiger partial charge in [0.25, 0.3) is 0 Å². The van der Waals surface area contributed by atoms with Gasteiger partial charge in [0.05, 0.1) is 0 Å². The third-order valence-electron chi connectivity index (χ3n) is 4.21. The summed E-state index contributed by atoms with van der Waals surface area (Å²) in [6, 6.07) is -0.820. The summed E-state index contributed by atoms with van der Waals surface area (Å²) in [5.74, 6) is -0.987. The number of carbonyl (C=O) groups is 1. The number of carboxylic acid groups (broad SMARTS) is 1. The van der Waals surface area contributed by atoms with Crippen LogP contribution >= 0.6 is 7.92 Å². The molecule has 156 valence electrons. The number of nitrogens with zero attached hydrogens (tertiary/aromatic N) is 1. The molecule has 0 spiro atoms. The number of hydrogen-bond donors (Lipinski definition) is 4. The number of aliphatic imine (C=N–C) groups is 1. The second-order valence-corrected chi connectivity index (χ2v) is 9.73. The number of nitrogens with two attached hydrogens (primary N) is 3. The number of hydrogen-bond acceptors (Lipinski definition) is 3. The van der Waals surface area contributed by atoms with E-state index in [2.05, 4.69) is 32.7 Å². The molecule has 2 atom stereocenters. The highest BCUT2D eigenvalue weighted by molar-refractivity contribution is 7.58. The maximum absolute atomic E-state index is 10.2. The molecule has 0 rings (SSSR count). The first-order valence-corrected chi connectivity index (χ1v) is 11.9. The summed E-state index contributed by atoms with van der Waals surface area (Å²) < 4.78 is 0. The van der Waals surface area contributed by atoms with Gasteiger partial charge in [-0.1, -0.05) is 47.0 Å². The van der Waals surface area contributed by atoms with E-state index in [0.29, 0.717) is 27.3 Å². The minimum Gasteiger partial charge on any atom is -0.480 e. The molecule has 6 nitrogen and oxygen atoms in total. The van der Waals surface area contributed by atoms with Gasteiger partial charge in [-0.25, -0.2) is 0 Å². The quantitative estimate of drug-likeness (QED) is 0.156. The highest BCUT2D eigenvalue weighted by atomic mass is 31.1. The molecule has 0 saturated heterocycles. The molecule has 0 aromatic rings. The summed E-state index contributed by atoms with van der Waals surface area (Å²) in [6.07, 6.45) is 12.5. The van der Waals surface area contributed by atoms with Gasteiger partial charge in [-0.3, -0.25) is 9.79 Å². The normalized spacial score (nSPS) is 12.8. The molecule has 0 radical (unpaired) electrons. The lowest BCUT2D eigenvalue weighted by molar-refractivity contribution is -0.138. The van der Waals surface area contributed by atoms with Gasteiger partial charge in [0.15, 0.2) is 5.96 Å². The molecule has 26 heavy (non-hydrogen) atoms. The summed E-state index contributed by atoms with van der Waals surface area (Å²) >= 11 is 0. The molecule has 0 fully saturated rings. The average Bonchev–Trinajstić information content (AvgIpc) is 2.59. The van der Waals surface area contributed by atoms with Crippen LogP contribution in [0, 0.1) is 0 Å². The molecule has 0 saturated carbocycles. The average molecular weight is 391 g/mol. The van der Waals surface area contributed by atoms with Gasteiger partial charge in [0.2, 0.25) is 0 Å². The van der Waals surface area contributed by atoms with Crippen LogP contribution < -0.4 is 17.2 Å². The predicted molar refractivity (Wildman–Crippen MR) is 116 cm³/mol. The van der Waals surface area contributed by atoms with Crippen molar-refractivity contribution in [3.63, 3.8) is 0 Å². The van der Waals surface area contributed by atoms with Crippen LogP contribution in [0.1, 0.15) is 79.1 Å². The van der Waals surface area contributed by atoms with Crippen LogP contribution in [0.4, 0.5) is 0 Å². The molecule has 0 amide bonds. The fourth-order valence-electron chi connectivity index (χ4n) is 2.52. The van der Waals surface area contributed by atoms with E-state index in [-0.39, 0.29) is 5.96 Å². The summed E-state index contributed by atoms with van der Waals surface area (Å²) in [7, 11) is 0.360. The summed E-state index contributed by atoms with van der Waals surface area (Å²) in [6.45, 7) is 9.86. The first-order valence-electron chi connectivity index (χ1n) is 10.1. The van der Waals surface area contributed by atoms with Gasteiger partial charge in [0.1, 0.15) is 6.04 Å². The number of guanidine groups is 1. The van der Waals surface area contributed by atoms with Crippen molar-refractivity contribution < 1.29 is 9.90 Å². The van der Waals surface area contributed by atoms with E-state index >= 15 is 0 Å². The largest absolute Gasteiger partial charge is 0.480 e. The number of aliphatic carboxylic acids is 1. The smallest absolute Gasteiger partial charge is 0.320 e. The molecule has 0 aliphatic carbocycles. The van der Waals surface area contributed by atoms with Crippen LogP contribution in [-0.4, -0.2) is 47.6 Å². The summed E-state index contributed by atoms with van der Waals surface area (Å²) in [4.78, 5) is 13.9. The van der Waals surface area contributed by atoms with Crippen molar-refractivity contribution in [1.29, 1.82) is 0 Å². The van der Waals surface area contributed by atoms with Crippen LogP contribution in [-0.2, 0) is 4.79 Å². The third-order valence-corrected chi connectivity index (χ3v) is 7.50. The number of unbranched alkanes of at least 4 members (excludes halogenated alkanes) is 2. The zero-order chi connectivity index (χ0) is 20.4. The van der Waals surface area contributed by atoms with Gasteiger partial charge in [-0.05, 0) is 50.1 Å². The Labute approximate surface area is 162 Å². The van der Waals surface area contributed by atoms with Gasteiger partial charge < -0.3 is 22.3 Å². The van der Waals surface area contributed by atoms with E-state index < -0.39 is 12.0 Å². The summed E-state index contributed by atoms with van der Waals surface area (Å²) in [5.41, 5.74) is 16.3. The SMILES string of the molecule is CCCCP(CCCC)C(C)CCC.NC(N)=NCCC[C@H](N)C(=O)O. The lowest BCUT2D eigenvalue weighted by Crippen LogP contribution is -2.30. The van der Waals surface area contributed by atoms with E-state index in [1.807, 2.05) is 0 Å². The Kier molecular flexibility index (Phi) is 19.9. The molecule has 1 unspecified atom stereocenters. The van der Waals surface area contributed by atoms with E-state index in [0.717, 1.165) is 5.66 Å². The molecule has 0 aliphatic rings. The van der Waals surface area contributed by atoms with E-state index in [9.17, 15) is 4.79 Å². The maximum Gasteiger partial charge on any atom is 0.320 e. The fraction of sp³-hybridized carbons (Fsp3) is 0.895. The number of carboxylic acids is 1. The van der Waals surface area contributed by atoms with Crippen molar-refractivity contribution in [2.75, 3.05) is 18.9 Å². The minimum atomic E-state index is -1.00. The zero-order valence-electron chi connectivity index (χ0n) is 17.4. The molecule has 0 aromatic heterocycles. The second-order valence-electron chi connectivity index (χ2n) is 6.77. The first kappa shape index (κ1) is 27.3. The second kappa shape index (κ2) is 18.9. The van der Waals surface area contributed by atoms with Crippen molar-refractivity contribution in [3.05, 3.63) is 0 Å². The van der Waals surface area contributed by atoms with Crippen molar-refractivity contribution in [1.82, 2.24) is 0 Å². The molecule has 0 aromatic carbocycles. The van der Waals surface area contributed by atoms with Crippen LogP contribution in [0.25, 0.3) is 0 Å². The van der Waals surface area contributed by atoms with Gasteiger partial charge in [-0.2, -0.15) is 0 Å². The Morgan fingerprint density at radius 1 is 1.00 bits per heavy atom. The van der Waals surface area contributed by atoms with Crippen LogP contribution in [0.5, 0.6) is 0 Å². The molecule has 0 heterocycles. The molecule has 7 N–H and O–H groups in total. The maximum atomic E-state index is 10.2. The molecule has 7 heteroatoms. The van der Waals surface area contributed by atoms with Crippen molar-refractivity contribution in [2.24, 2.45) is 22.2 Å². The third kappa shape index (κ3) is 17.9. The van der Waals surface area contributed by atoms with Crippen LogP contribution in [0.3, 0.4) is 0 Å². The highest BCUT2D eigenvalue weighted by Gasteiger charge is 2.14.